The number of amides is 2. The molecule has 0 aliphatic heterocycles. The Bertz CT molecular complexity index is 392. The van der Waals surface area contributed by atoms with Crippen molar-refractivity contribution in [1.82, 2.24) is 10.6 Å². The Hall–Kier alpha value is -2.33. The van der Waals surface area contributed by atoms with Gasteiger partial charge in [0.2, 0.25) is 17.7 Å². The van der Waals surface area contributed by atoms with E-state index in [1.54, 1.807) is 0 Å². The molecule has 8 N–H and O–H groups in total. The summed E-state index contributed by atoms with van der Waals surface area (Å²) >= 11 is 0. The van der Waals surface area contributed by atoms with Gasteiger partial charge in [-0.3, -0.25) is 14.4 Å². The van der Waals surface area contributed by atoms with E-state index in [0.717, 1.165) is 0 Å². The zero-order chi connectivity index (χ0) is 16.3. The molecule has 0 spiro atoms. The second-order valence-electron chi connectivity index (χ2n) is 4.16. The molecular formula is C11H20N4O6. The quantitative estimate of drug-likeness (QED) is 0.105. The van der Waals surface area contributed by atoms with Crippen LogP contribution < -0.4 is 22.1 Å². The predicted molar refractivity (Wildman–Crippen MR) is 71.5 cm³/mol. The van der Waals surface area contributed by atoms with Crippen molar-refractivity contribution in [3.05, 3.63) is 11.5 Å². The standard InChI is InChI=1S/C11H20N4O6/c12-8(16)4-7(5-9(13)17)11(21-20)15-3-1-2-14-6-10(18)19/h14-15,20H,1-6H2,(H2,12,16)(H2,13,17)(H,18,19). The Morgan fingerprint density at radius 1 is 1.05 bits per heavy atom. The van der Waals surface area contributed by atoms with E-state index in [4.69, 9.17) is 21.8 Å². The van der Waals surface area contributed by atoms with E-state index in [1.165, 1.54) is 0 Å². The maximum Gasteiger partial charge on any atom is 0.317 e. The van der Waals surface area contributed by atoms with Gasteiger partial charge in [-0.05, 0) is 13.0 Å². The van der Waals surface area contributed by atoms with E-state index in [1.807, 2.05) is 0 Å². The Kier molecular flexibility index (Phi) is 9.30. The highest BCUT2D eigenvalue weighted by Crippen LogP contribution is 2.11. The van der Waals surface area contributed by atoms with Crippen molar-refractivity contribution in [2.75, 3.05) is 19.6 Å². The van der Waals surface area contributed by atoms with Crippen LogP contribution in [-0.4, -0.2) is 47.8 Å². The van der Waals surface area contributed by atoms with Gasteiger partial charge in [0.25, 0.3) is 0 Å². The molecule has 10 nitrogen and oxygen atoms in total. The van der Waals surface area contributed by atoms with Crippen molar-refractivity contribution in [2.45, 2.75) is 19.3 Å². The summed E-state index contributed by atoms with van der Waals surface area (Å²) in [6.07, 6.45) is -0.0627. The van der Waals surface area contributed by atoms with Crippen LogP contribution >= 0.6 is 0 Å². The molecule has 0 unspecified atom stereocenters. The lowest BCUT2D eigenvalue weighted by Crippen LogP contribution is -2.28. The Labute approximate surface area is 121 Å². The third kappa shape index (κ3) is 10.2. The summed E-state index contributed by atoms with van der Waals surface area (Å²) in [5.74, 6) is -2.53. The van der Waals surface area contributed by atoms with Crippen LogP contribution in [-0.2, 0) is 19.3 Å². The second kappa shape index (κ2) is 10.5. The van der Waals surface area contributed by atoms with Crippen LogP contribution in [0.1, 0.15) is 19.3 Å². The van der Waals surface area contributed by atoms with E-state index in [-0.39, 0.29) is 30.8 Å². The first kappa shape index (κ1) is 18.7. The fourth-order valence-corrected chi connectivity index (χ4v) is 1.48. The summed E-state index contributed by atoms with van der Waals surface area (Å²) in [6.45, 7) is 0.566. The van der Waals surface area contributed by atoms with Crippen LogP contribution in [0.15, 0.2) is 11.5 Å². The van der Waals surface area contributed by atoms with Crippen LogP contribution in [0.25, 0.3) is 0 Å². The molecule has 0 aromatic rings. The van der Waals surface area contributed by atoms with Gasteiger partial charge in [0.15, 0.2) is 0 Å². The van der Waals surface area contributed by atoms with Gasteiger partial charge in [-0.25, -0.2) is 5.26 Å². The van der Waals surface area contributed by atoms with E-state index in [9.17, 15) is 14.4 Å². The van der Waals surface area contributed by atoms with E-state index >= 15 is 0 Å². The Morgan fingerprint density at radius 3 is 2.05 bits per heavy atom. The number of aliphatic carboxylic acids is 1. The smallest absolute Gasteiger partial charge is 0.317 e. The van der Waals surface area contributed by atoms with E-state index < -0.39 is 17.8 Å². The molecule has 0 fully saturated rings. The molecule has 0 saturated heterocycles. The largest absolute Gasteiger partial charge is 0.480 e. The molecule has 0 saturated carbocycles. The molecule has 0 aromatic carbocycles. The maximum atomic E-state index is 10.9. The minimum Gasteiger partial charge on any atom is -0.480 e. The van der Waals surface area contributed by atoms with E-state index in [0.29, 0.717) is 19.5 Å². The minimum atomic E-state index is -0.965. The molecule has 0 aliphatic rings. The molecular weight excluding hydrogens is 284 g/mol. The van der Waals surface area contributed by atoms with Crippen molar-refractivity contribution in [3.8, 4) is 0 Å². The van der Waals surface area contributed by atoms with Crippen molar-refractivity contribution in [1.29, 1.82) is 0 Å². The summed E-state index contributed by atoms with van der Waals surface area (Å²) in [5.41, 5.74) is 10.2. The monoisotopic (exact) mass is 304 g/mol. The predicted octanol–water partition coefficient (Wildman–Crippen LogP) is -1.91. The second-order valence-corrected chi connectivity index (χ2v) is 4.16. The maximum absolute atomic E-state index is 10.9. The number of carbonyl (C=O) groups excluding carboxylic acids is 2. The average molecular weight is 304 g/mol. The van der Waals surface area contributed by atoms with Gasteiger partial charge in [0.05, 0.1) is 19.4 Å². The molecule has 120 valence electrons. The number of hydrogen-bond acceptors (Lipinski definition) is 7. The highest BCUT2D eigenvalue weighted by atomic mass is 17.1. The molecule has 0 bridgehead atoms. The van der Waals surface area contributed by atoms with Crippen molar-refractivity contribution in [2.24, 2.45) is 11.5 Å². The van der Waals surface area contributed by atoms with Crippen molar-refractivity contribution in [3.63, 3.8) is 0 Å². The van der Waals surface area contributed by atoms with Crippen LogP contribution in [0.3, 0.4) is 0 Å². The number of primary amides is 2. The zero-order valence-electron chi connectivity index (χ0n) is 11.4. The summed E-state index contributed by atoms with van der Waals surface area (Å²) in [5, 5.41) is 22.5. The molecule has 0 aliphatic carbocycles. The van der Waals surface area contributed by atoms with Gasteiger partial charge in [0.1, 0.15) is 0 Å². The first-order valence-electron chi connectivity index (χ1n) is 6.13. The Balaban J connectivity index is 4.39. The lowest BCUT2D eigenvalue weighted by Gasteiger charge is -2.12. The minimum absolute atomic E-state index is 0.135. The van der Waals surface area contributed by atoms with Gasteiger partial charge in [-0.2, -0.15) is 0 Å². The summed E-state index contributed by atoms with van der Waals surface area (Å²) in [4.78, 5) is 36.1. The van der Waals surface area contributed by atoms with Gasteiger partial charge in [-0.1, -0.05) is 0 Å². The van der Waals surface area contributed by atoms with E-state index in [2.05, 4.69) is 15.5 Å². The normalized spacial score (nSPS) is 9.76. The van der Waals surface area contributed by atoms with Gasteiger partial charge < -0.3 is 32.1 Å². The molecule has 21 heavy (non-hydrogen) atoms. The molecule has 0 heterocycles. The lowest BCUT2D eigenvalue weighted by molar-refractivity contribution is -0.210. The fourth-order valence-electron chi connectivity index (χ4n) is 1.48. The number of carboxylic acids is 1. The number of rotatable bonds is 12. The van der Waals surface area contributed by atoms with Crippen LogP contribution in [0.4, 0.5) is 0 Å². The average Bonchev–Trinajstić information content (AvgIpc) is 2.35. The summed E-state index contributed by atoms with van der Waals surface area (Å²) in [7, 11) is 0. The van der Waals surface area contributed by atoms with Gasteiger partial charge >= 0.3 is 5.97 Å². The van der Waals surface area contributed by atoms with Gasteiger partial charge in [0, 0.05) is 12.1 Å². The Morgan fingerprint density at radius 2 is 1.62 bits per heavy atom. The lowest BCUT2D eigenvalue weighted by atomic mass is 10.1. The number of carboxylic acid groups (broad SMARTS) is 1. The number of nitrogens with one attached hydrogen (secondary N) is 2. The molecule has 0 radical (unpaired) electrons. The first-order valence-corrected chi connectivity index (χ1v) is 6.13. The zero-order valence-corrected chi connectivity index (χ0v) is 11.4. The first-order chi connectivity index (χ1) is 9.86. The fraction of sp³-hybridized carbons (Fsp3) is 0.545. The van der Waals surface area contributed by atoms with Crippen molar-refractivity contribution >= 4 is 17.8 Å². The molecule has 0 aromatic heterocycles. The summed E-state index contributed by atoms with van der Waals surface area (Å²) in [6, 6.07) is 0. The molecule has 10 heteroatoms. The molecule has 0 atom stereocenters. The molecule has 0 rings (SSSR count). The summed E-state index contributed by atoms with van der Waals surface area (Å²) < 4.78 is 0. The SMILES string of the molecule is NC(=O)CC(CC(N)=O)=C(NCCCNCC(=O)O)OO. The third-order valence-corrected chi connectivity index (χ3v) is 2.28. The topological polar surface area (TPSA) is 177 Å². The highest BCUT2D eigenvalue weighted by Gasteiger charge is 2.14. The number of hydrogen-bond donors (Lipinski definition) is 6. The number of carbonyl (C=O) groups is 3. The number of nitrogens with two attached hydrogens (primary N) is 2. The van der Waals surface area contributed by atoms with Crippen LogP contribution in [0.5, 0.6) is 0 Å². The van der Waals surface area contributed by atoms with Crippen LogP contribution in [0, 0.1) is 0 Å². The van der Waals surface area contributed by atoms with Crippen LogP contribution in [0.2, 0.25) is 0 Å². The third-order valence-electron chi connectivity index (χ3n) is 2.28. The van der Waals surface area contributed by atoms with Gasteiger partial charge in [-0.15, -0.1) is 0 Å². The van der Waals surface area contributed by atoms with Crippen molar-refractivity contribution < 1.29 is 29.6 Å². The molecule has 2 amide bonds. The highest BCUT2D eigenvalue weighted by molar-refractivity contribution is 5.81.